The van der Waals surface area contributed by atoms with Crippen LogP contribution in [0.15, 0.2) is 0 Å². The molecule has 1 amide bonds. The van der Waals surface area contributed by atoms with Crippen molar-refractivity contribution < 1.29 is 19.4 Å². The van der Waals surface area contributed by atoms with Crippen molar-refractivity contribution in [1.82, 2.24) is 9.80 Å². The van der Waals surface area contributed by atoms with Crippen molar-refractivity contribution in [3.8, 4) is 0 Å². The summed E-state index contributed by atoms with van der Waals surface area (Å²) in [7, 11) is 0. The standard InChI is InChI=1S/C17H28N2O4/c1-4-11-9-19(10-12(11)18-5-7-23-8-6-18)15(20)13-14(16(21)22)17(13,2)3/h11-14H,4-10H2,1-3H3,(H,21,22)/t11?,12?,13-,14+/m0/s1. The molecule has 0 aromatic heterocycles. The summed E-state index contributed by atoms with van der Waals surface area (Å²) in [5, 5.41) is 9.31. The normalized spacial score (nSPS) is 36.9. The van der Waals surface area contributed by atoms with E-state index in [1.165, 1.54) is 0 Å². The lowest BCUT2D eigenvalue weighted by atomic mass is 9.99. The van der Waals surface area contributed by atoms with Crippen LogP contribution in [0.4, 0.5) is 0 Å². The van der Waals surface area contributed by atoms with E-state index in [2.05, 4.69) is 11.8 Å². The molecule has 130 valence electrons. The summed E-state index contributed by atoms with van der Waals surface area (Å²) in [5.41, 5.74) is -0.415. The number of carbonyl (C=O) groups excluding carboxylic acids is 1. The van der Waals surface area contributed by atoms with Crippen molar-refractivity contribution in [2.24, 2.45) is 23.2 Å². The van der Waals surface area contributed by atoms with E-state index in [4.69, 9.17) is 4.74 Å². The van der Waals surface area contributed by atoms with Crippen molar-refractivity contribution in [3.05, 3.63) is 0 Å². The number of ether oxygens (including phenoxy) is 1. The highest BCUT2D eigenvalue weighted by Gasteiger charge is 2.67. The first-order valence-corrected chi connectivity index (χ1v) is 8.71. The Balaban J connectivity index is 1.67. The minimum absolute atomic E-state index is 0.0385. The third kappa shape index (κ3) is 2.87. The molecule has 0 aromatic carbocycles. The zero-order valence-electron chi connectivity index (χ0n) is 14.3. The summed E-state index contributed by atoms with van der Waals surface area (Å²) in [6.45, 7) is 10.8. The van der Waals surface area contributed by atoms with Crippen LogP contribution in [0, 0.1) is 23.2 Å². The number of hydrogen-bond acceptors (Lipinski definition) is 4. The van der Waals surface area contributed by atoms with Gasteiger partial charge in [0, 0.05) is 32.2 Å². The predicted molar refractivity (Wildman–Crippen MR) is 84.9 cm³/mol. The molecule has 3 aliphatic rings. The summed E-state index contributed by atoms with van der Waals surface area (Å²) in [5.74, 6) is -1.22. The van der Waals surface area contributed by atoms with Gasteiger partial charge < -0.3 is 14.7 Å². The Morgan fingerprint density at radius 1 is 1.17 bits per heavy atom. The van der Waals surface area contributed by atoms with Crippen molar-refractivity contribution >= 4 is 11.9 Å². The molecule has 2 unspecified atom stereocenters. The largest absolute Gasteiger partial charge is 0.481 e. The zero-order chi connectivity index (χ0) is 16.8. The lowest BCUT2D eigenvalue weighted by molar-refractivity contribution is -0.141. The van der Waals surface area contributed by atoms with Crippen molar-refractivity contribution in [2.75, 3.05) is 39.4 Å². The van der Waals surface area contributed by atoms with E-state index < -0.39 is 17.3 Å². The van der Waals surface area contributed by atoms with Crippen molar-refractivity contribution in [3.63, 3.8) is 0 Å². The minimum Gasteiger partial charge on any atom is -0.481 e. The molecule has 0 radical (unpaired) electrons. The molecule has 2 heterocycles. The highest BCUT2D eigenvalue weighted by atomic mass is 16.5. The van der Waals surface area contributed by atoms with Gasteiger partial charge in [0.25, 0.3) is 0 Å². The number of likely N-dealkylation sites (tertiary alicyclic amines) is 1. The molecule has 2 saturated heterocycles. The van der Waals surface area contributed by atoms with E-state index in [0.717, 1.165) is 45.8 Å². The molecule has 1 aliphatic carbocycles. The molecule has 4 atom stereocenters. The predicted octanol–water partition coefficient (Wildman–Crippen LogP) is 0.912. The van der Waals surface area contributed by atoms with Gasteiger partial charge in [-0.2, -0.15) is 0 Å². The van der Waals surface area contributed by atoms with Gasteiger partial charge in [-0.3, -0.25) is 14.5 Å². The topological polar surface area (TPSA) is 70.1 Å². The van der Waals surface area contributed by atoms with Gasteiger partial charge in [0.1, 0.15) is 0 Å². The second-order valence-corrected chi connectivity index (χ2v) is 7.74. The van der Waals surface area contributed by atoms with Gasteiger partial charge in [0.2, 0.25) is 5.91 Å². The molecule has 6 nitrogen and oxygen atoms in total. The molecular formula is C17H28N2O4. The van der Waals surface area contributed by atoms with E-state index in [1.807, 2.05) is 18.7 Å². The number of aliphatic carboxylic acids is 1. The molecule has 3 rings (SSSR count). The molecule has 3 fully saturated rings. The van der Waals surface area contributed by atoms with E-state index in [1.54, 1.807) is 0 Å². The van der Waals surface area contributed by atoms with Gasteiger partial charge in [0.05, 0.1) is 25.0 Å². The van der Waals surface area contributed by atoms with Crippen LogP contribution in [0.25, 0.3) is 0 Å². The molecule has 0 bridgehead atoms. The van der Waals surface area contributed by atoms with Crippen LogP contribution in [0.5, 0.6) is 0 Å². The lowest BCUT2D eigenvalue weighted by Gasteiger charge is -2.34. The van der Waals surface area contributed by atoms with Crippen LogP contribution in [0.2, 0.25) is 0 Å². The van der Waals surface area contributed by atoms with Gasteiger partial charge in [0.15, 0.2) is 0 Å². The van der Waals surface area contributed by atoms with E-state index in [0.29, 0.717) is 12.0 Å². The highest BCUT2D eigenvalue weighted by molar-refractivity contribution is 5.91. The first-order chi connectivity index (χ1) is 10.9. The fraction of sp³-hybridized carbons (Fsp3) is 0.882. The molecule has 6 heteroatoms. The van der Waals surface area contributed by atoms with Crippen molar-refractivity contribution in [2.45, 2.75) is 33.2 Å². The minimum atomic E-state index is -0.843. The van der Waals surface area contributed by atoms with E-state index in [-0.39, 0.29) is 11.8 Å². The smallest absolute Gasteiger partial charge is 0.307 e. The first kappa shape index (κ1) is 16.7. The Hall–Kier alpha value is -1.14. The van der Waals surface area contributed by atoms with Gasteiger partial charge >= 0.3 is 5.97 Å². The van der Waals surface area contributed by atoms with Crippen LogP contribution in [0.1, 0.15) is 27.2 Å². The van der Waals surface area contributed by atoms with E-state index >= 15 is 0 Å². The van der Waals surface area contributed by atoms with Crippen LogP contribution in [0.3, 0.4) is 0 Å². The van der Waals surface area contributed by atoms with Gasteiger partial charge in [-0.25, -0.2) is 0 Å². The first-order valence-electron chi connectivity index (χ1n) is 8.71. The quantitative estimate of drug-likeness (QED) is 0.832. The van der Waals surface area contributed by atoms with E-state index in [9.17, 15) is 14.7 Å². The average Bonchev–Trinajstić information content (AvgIpc) is 2.91. The molecule has 1 N–H and O–H groups in total. The van der Waals surface area contributed by atoms with Crippen LogP contribution >= 0.6 is 0 Å². The molecular weight excluding hydrogens is 296 g/mol. The Labute approximate surface area is 137 Å². The fourth-order valence-electron chi connectivity index (χ4n) is 4.51. The number of carbonyl (C=O) groups is 2. The third-order valence-corrected chi connectivity index (χ3v) is 6.12. The molecule has 23 heavy (non-hydrogen) atoms. The summed E-state index contributed by atoms with van der Waals surface area (Å²) in [6, 6.07) is 0.387. The number of nitrogens with zero attached hydrogens (tertiary/aromatic N) is 2. The Bertz CT molecular complexity index is 487. The monoisotopic (exact) mass is 324 g/mol. The molecule has 2 aliphatic heterocycles. The molecule has 0 aromatic rings. The van der Waals surface area contributed by atoms with Crippen LogP contribution in [-0.2, 0) is 14.3 Å². The second kappa shape index (κ2) is 6.06. The number of rotatable bonds is 4. The Morgan fingerprint density at radius 3 is 2.35 bits per heavy atom. The SMILES string of the molecule is CCC1CN(C(=O)[C@@H]2[C@H](C(=O)O)C2(C)C)CC1N1CCOCC1. The highest BCUT2D eigenvalue weighted by Crippen LogP contribution is 2.59. The Morgan fingerprint density at radius 2 is 1.83 bits per heavy atom. The molecule has 0 spiro atoms. The maximum absolute atomic E-state index is 12.8. The third-order valence-electron chi connectivity index (χ3n) is 6.12. The zero-order valence-corrected chi connectivity index (χ0v) is 14.3. The van der Waals surface area contributed by atoms with Crippen molar-refractivity contribution in [1.29, 1.82) is 0 Å². The number of morpholine rings is 1. The number of carboxylic acid groups (broad SMARTS) is 1. The van der Waals surface area contributed by atoms with Gasteiger partial charge in [-0.1, -0.05) is 27.2 Å². The summed E-state index contributed by atoms with van der Waals surface area (Å²) < 4.78 is 5.43. The molecule has 1 saturated carbocycles. The maximum atomic E-state index is 12.8. The van der Waals surface area contributed by atoms with Gasteiger partial charge in [-0.15, -0.1) is 0 Å². The summed E-state index contributed by atoms with van der Waals surface area (Å²) >= 11 is 0. The number of amides is 1. The maximum Gasteiger partial charge on any atom is 0.307 e. The number of hydrogen-bond donors (Lipinski definition) is 1. The second-order valence-electron chi connectivity index (χ2n) is 7.74. The van der Waals surface area contributed by atoms with Crippen LogP contribution < -0.4 is 0 Å². The lowest BCUT2D eigenvalue weighted by Crippen LogP contribution is -2.47. The Kier molecular flexibility index (Phi) is 4.40. The number of carboxylic acids is 1. The summed E-state index contributed by atoms with van der Waals surface area (Å²) in [6.07, 6.45) is 1.04. The van der Waals surface area contributed by atoms with Gasteiger partial charge in [-0.05, 0) is 11.3 Å². The average molecular weight is 324 g/mol. The summed E-state index contributed by atoms with van der Waals surface area (Å²) in [4.78, 5) is 28.6. The van der Waals surface area contributed by atoms with Crippen LogP contribution in [-0.4, -0.2) is 72.2 Å². The fourth-order valence-corrected chi connectivity index (χ4v) is 4.51.